The van der Waals surface area contributed by atoms with Gasteiger partial charge in [0.15, 0.2) is 0 Å². The van der Waals surface area contributed by atoms with E-state index in [0.29, 0.717) is 0 Å². The number of aromatic nitrogens is 1. The molecule has 3 aromatic rings. The van der Waals surface area contributed by atoms with E-state index in [1.165, 1.54) is 5.69 Å². The van der Waals surface area contributed by atoms with Gasteiger partial charge in [-0.3, -0.25) is 9.69 Å². The van der Waals surface area contributed by atoms with Gasteiger partial charge in [-0.1, -0.05) is 35.9 Å². The normalized spacial score (nSPS) is 15.4. The topological polar surface area (TPSA) is 28.5 Å². The maximum atomic E-state index is 12.3. The molecule has 0 bridgehead atoms. The highest BCUT2D eigenvalue weighted by molar-refractivity contribution is 6.30. The first-order valence-electron chi connectivity index (χ1n) is 9.52. The van der Waals surface area contributed by atoms with Crippen LogP contribution in [0.15, 0.2) is 65.5 Å². The average Bonchev–Trinajstić information content (AvgIpc) is 2.70. The summed E-state index contributed by atoms with van der Waals surface area (Å²) in [6.07, 6.45) is 0.977. The molecule has 1 saturated heterocycles. The second-order valence-electron chi connectivity index (χ2n) is 7.04. The molecule has 27 heavy (non-hydrogen) atoms. The third kappa shape index (κ3) is 4.18. The molecule has 4 nitrogen and oxygen atoms in total. The first-order chi connectivity index (χ1) is 13.2. The molecule has 1 aliphatic heterocycles. The molecule has 0 spiro atoms. The van der Waals surface area contributed by atoms with Crippen LogP contribution in [0.1, 0.15) is 6.42 Å². The van der Waals surface area contributed by atoms with Crippen molar-refractivity contribution in [3.05, 3.63) is 76.0 Å². The van der Waals surface area contributed by atoms with Gasteiger partial charge in [-0.15, -0.1) is 0 Å². The number of benzene rings is 2. The number of rotatable bonds is 5. The van der Waals surface area contributed by atoms with Crippen molar-refractivity contribution in [2.75, 3.05) is 37.6 Å². The number of aryl methyl sites for hydroxylation is 1. The van der Waals surface area contributed by atoms with Crippen molar-refractivity contribution in [1.29, 1.82) is 0 Å². The number of para-hydroxylation sites is 1. The van der Waals surface area contributed by atoms with Gasteiger partial charge in [-0.05, 0) is 48.7 Å². The highest BCUT2D eigenvalue weighted by Gasteiger charge is 2.17. The number of halogens is 1. The van der Waals surface area contributed by atoms with E-state index in [1.54, 1.807) is 6.07 Å². The Morgan fingerprint density at radius 2 is 1.67 bits per heavy atom. The van der Waals surface area contributed by atoms with Crippen LogP contribution < -0.4 is 10.5 Å². The molecule has 1 aliphatic rings. The molecule has 0 saturated carbocycles. The Labute approximate surface area is 164 Å². The lowest BCUT2D eigenvalue weighted by molar-refractivity contribution is 0.250. The molecule has 0 radical (unpaired) electrons. The molecule has 0 unspecified atom stereocenters. The number of hydrogen-bond acceptors (Lipinski definition) is 3. The minimum atomic E-state index is 0.0828. The van der Waals surface area contributed by atoms with Gasteiger partial charge in [0.25, 0.3) is 5.56 Å². The minimum absolute atomic E-state index is 0.0828. The minimum Gasteiger partial charge on any atom is -0.369 e. The van der Waals surface area contributed by atoms with Crippen LogP contribution in [0.3, 0.4) is 0 Å². The first kappa shape index (κ1) is 18.1. The van der Waals surface area contributed by atoms with Crippen LogP contribution in [-0.2, 0) is 6.54 Å². The van der Waals surface area contributed by atoms with Crippen LogP contribution in [0.2, 0.25) is 5.02 Å². The van der Waals surface area contributed by atoms with Gasteiger partial charge in [-0.2, -0.15) is 0 Å². The molecular weight excluding hydrogens is 358 g/mol. The quantitative estimate of drug-likeness (QED) is 0.671. The molecule has 1 aromatic heterocycles. The average molecular weight is 382 g/mol. The Balaban J connectivity index is 1.32. The summed E-state index contributed by atoms with van der Waals surface area (Å²) in [6.45, 7) is 5.87. The van der Waals surface area contributed by atoms with Gasteiger partial charge in [0.05, 0.1) is 5.52 Å². The Bertz CT molecular complexity index is 976. The summed E-state index contributed by atoms with van der Waals surface area (Å²) >= 11 is 6.11. The van der Waals surface area contributed by atoms with E-state index < -0.39 is 0 Å². The van der Waals surface area contributed by atoms with Crippen molar-refractivity contribution >= 4 is 28.2 Å². The van der Waals surface area contributed by atoms with E-state index in [4.69, 9.17) is 11.6 Å². The first-order valence-corrected chi connectivity index (χ1v) is 9.90. The number of piperazine rings is 1. The van der Waals surface area contributed by atoms with Crippen LogP contribution in [-0.4, -0.2) is 42.2 Å². The Morgan fingerprint density at radius 3 is 2.48 bits per heavy atom. The molecule has 5 heteroatoms. The predicted octanol–water partition coefficient (Wildman–Crippen LogP) is 3.87. The lowest BCUT2D eigenvalue weighted by atomic mass is 10.2. The monoisotopic (exact) mass is 381 g/mol. The van der Waals surface area contributed by atoms with Gasteiger partial charge >= 0.3 is 0 Å². The van der Waals surface area contributed by atoms with E-state index in [9.17, 15) is 4.79 Å². The predicted molar refractivity (Wildman–Crippen MR) is 113 cm³/mol. The lowest BCUT2D eigenvalue weighted by Crippen LogP contribution is -2.46. The van der Waals surface area contributed by atoms with Crippen LogP contribution in [0.25, 0.3) is 10.9 Å². The van der Waals surface area contributed by atoms with Crippen molar-refractivity contribution in [3.8, 4) is 0 Å². The third-order valence-electron chi connectivity index (χ3n) is 5.30. The van der Waals surface area contributed by atoms with E-state index >= 15 is 0 Å². The lowest BCUT2D eigenvalue weighted by Gasteiger charge is -2.36. The van der Waals surface area contributed by atoms with Gasteiger partial charge < -0.3 is 9.47 Å². The number of pyridine rings is 1. The van der Waals surface area contributed by atoms with Gasteiger partial charge in [0, 0.05) is 49.5 Å². The highest BCUT2D eigenvalue weighted by atomic mass is 35.5. The number of nitrogens with zero attached hydrogens (tertiary/aromatic N) is 3. The SMILES string of the molecule is O=c1ccc2ccccc2n1CCCN1CCN(c2cccc(Cl)c2)CC1. The fourth-order valence-corrected chi connectivity index (χ4v) is 4.01. The van der Waals surface area contributed by atoms with Crippen molar-refractivity contribution in [1.82, 2.24) is 9.47 Å². The summed E-state index contributed by atoms with van der Waals surface area (Å²) < 4.78 is 1.90. The zero-order valence-electron chi connectivity index (χ0n) is 15.4. The number of fused-ring (bicyclic) bond motifs is 1. The summed E-state index contributed by atoms with van der Waals surface area (Å²) in [5, 5.41) is 1.91. The fourth-order valence-electron chi connectivity index (χ4n) is 3.83. The largest absolute Gasteiger partial charge is 0.369 e. The van der Waals surface area contributed by atoms with Gasteiger partial charge in [-0.25, -0.2) is 0 Å². The van der Waals surface area contributed by atoms with Gasteiger partial charge in [0.2, 0.25) is 0 Å². The number of hydrogen-bond donors (Lipinski definition) is 0. The molecule has 0 amide bonds. The Hall–Kier alpha value is -2.30. The van der Waals surface area contributed by atoms with Crippen molar-refractivity contribution in [2.24, 2.45) is 0 Å². The maximum absolute atomic E-state index is 12.3. The standard InChI is InChI=1S/C22H24ClN3O/c23-19-6-3-7-20(17-19)25-15-13-24(14-16-25)11-4-12-26-21-8-2-1-5-18(21)9-10-22(26)27/h1-3,5-10,17H,4,11-16H2. The number of anilines is 1. The van der Waals surface area contributed by atoms with Gasteiger partial charge in [0.1, 0.15) is 0 Å². The Morgan fingerprint density at radius 1 is 0.852 bits per heavy atom. The second-order valence-corrected chi connectivity index (χ2v) is 7.48. The van der Waals surface area contributed by atoms with Crippen LogP contribution in [0.5, 0.6) is 0 Å². The van der Waals surface area contributed by atoms with E-state index in [2.05, 4.69) is 21.9 Å². The molecule has 2 aromatic carbocycles. The van der Waals surface area contributed by atoms with E-state index in [0.717, 1.165) is 61.6 Å². The summed E-state index contributed by atoms with van der Waals surface area (Å²) in [7, 11) is 0. The smallest absolute Gasteiger partial charge is 0.251 e. The zero-order valence-corrected chi connectivity index (χ0v) is 16.1. The molecule has 140 valence electrons. The molecule has 2 heterocycles. The second kappa shape index (κ2) is 8.15. The van der Waals surface area contributed by atoms with E-state index in [-0.39, 0.29) is 5.56 Å². The van der Waals surface area contributed by atoms with Crippen molar-refractivity contribution in [3.63, 3.8) is 0 Å². The van der Waals surface area contributed by atoms with Crippen LogP contribution >= 0.6 is 11.6 Å². The molecule has 4 rings (SSSR count). The molecule has 0 atom stereocenters. The Kier molecular flexibility index (Phi) is 5.46. The summed E-state index contributed by atoms with van der Waals surface area (Å²) in [4.78, 5) is 17.1. The summed E-state index contributed by atoms with van der Waals surface area (Å²) in [5.74, 6) is 0. The molecule has 1 fully saturated rings. The molecular formula is C22H24ClN3O. The summed E-state index contributed by atoms with van der Waals surface area (Å²) in [6, 6.07) is 19.7. The third-order valence-corrected chi connectivity index (χ3v) is 5.54. The molecule has 0 aliphatic carbocycles. The van der Waals surface area contributed by atoms with Crippen molar-refractivity contribution in [2.45, 2.75) is 13.0 Å². The van der Waals surface area contributed by atoms with E-state index in [1.807, 2.05) is 47.0 Å². The van der Waals surface area contributed by atoms with Crippen LogP contribution in [0, 0.1) is 0 Å². The molecule has 0 N–H and O–H groups in total. The highest BCUT2D eigenvalue weighted by Crippen LogP contribution is 2.21. The summed E-state index contributed by atoms with van der Waals surface area (Å²) in [5.41, 5.74) is 2.31. The van der Waals surface area contributed by atoms with Crippen molar-refractivity contribution < 1.29 is 0 Å². The maximum Gasteiger partial charge on any atom is 0.251 e. The fraction of sp³-hybridized carbons (Fsp3) is 0.318. The van der Waals surface area contributed by atoms with Crippen LogP contribution in [0.4, 0.5) is 5.69 Å². The zero-order chi connectivity index (χ0) is 18.6.